The van der Waals surface area contributed by atoms with E-state index in [0.29, 0.717) is 11.5 Å². The zero-order valence-electron chi connectivity index (χ0n) is 15.4. The Morgan fingerprint density at radius 3 is 2.79 bits per heavy atom. The largest absolute Gasteiger partial charge is 0.381 e. The van der Waals surface area contributed by atoms with Crippen LogP contribution in [0.15, 0.2) is 4.99 Å². The van der Waals surface area contributed by atoms with Crippen LogP contribution in [-0.4, -0.2) is 63.0 Å². The maximum Gasteiger partial charge on any atom is 0.193 e. The van der Waals surface area contributed by atoms with Gasteiger partial charge >= 0.3 is 0 Å². The van der Waals surface area contributed by atoms with Crippen LogP contribution in [0.3, 0.4) is 0 Å². The molecule has 0 aromatic carbocycles. The van der Waals surface area contributed by atoms with Gasteiger partial charge < -0.3 is 19.7 Å². The molecule has 2 aliphatic heterocycles. The van der Waals surface area contributed by atoms with Crippen LogP contribution in [0, 0.1) is 5.41 Å². The molecule has 3 aliphatic rings. The van der Waals surface area contributed by atoms with Crippen molar-refractivity contribution < 1.29 is 9.47 Å². The number of guanidine groups is 1. The fourth-order valence-electron chi connectivity index (χ4n) is 4.42. The van der Waals surface area contributed by atoms with Crippen molar-refractivity contribution in [2.24, 2.45) is 10.4 Å². The molecule has 5 heteroatoms. The molecule has 2 saturated heterocycles. The molecule has 0 amide bonds. The highest BCUT2D eigenvalue weighted by Gasteiger charge is 2.41. The molecule has 3 fully saturated rings. The van der Waals surface area contributed by atoms with E-state index in [4.69, 9.17) is 14.5 Å². The molecule has 0 atom stereocenters. The monoisotopic (exact) mass is 337 g/mol. The lowest BCUT2D eigenvalue weighted by Crippen LogP contribution is -2.41. The number of hydrogen-bond donors (Lipinski definition) is 1. The summed E-state index contributed by atoms with van der Waals surface area (Å²) >= 11 is 0. The third-order valence-corrected chi connectivity index (χ3v) is 5.82. The molecule has 1 spiro atoms. The molecule has 1 aliphatic carbocycles. The maximum absolute atomic E-state index is 5.94. The topological polar surface area (TPSA) is 46.1 Å². The van der Waals surface area contributed by atoms with Crippen molar-refractivity contribution in [1.29, 1.82) is 0 Å². The van der Waals surface area contributed by atoms with Crippen LogP contribution in [0.2, 0.25) is 0 Å². The van der Waals surface area contributed by atoms with Gasteiger partial charge in [0, 0.05) is 46.0 Å². The zero-order valence-corrected chi connectivity index (χ0v) is 15.4. The molecule has 1 saturated carbocycles. The first-order valence-electron chi connectivity index (χ1n) is 10.0. The minimum Gasteiger partial charge on any atom is -0.381 e. The van der Waals surface area contributed by atoms with Crippen molar-refractivity contribution in [2.45, 2.75) is 64.4 Å². The summed E-state index contributed by atoms with van der Waals surface area (Å²) in [5.74, 6) is 1.12. The van der Waals surface area contributed by atoms with Crippen molar-refractivity contribution >= 4 is 5.96 Å². The predicted octanol–water partition coefficient (Wildman–Crippen LogP) is 2.80. The Balaban J connectivity index is 1.40. The highest BCUT2D eigenvalue weighted by Crippen LogP contribution is 2.45. The van der Waals surface area contributed by atoms with Crippen molar-refractivity contribution in [3.8, 4) is 0 Å². The lowest BCUT2D eigenvalue weighted by atomic mass is 9.86. The highest BCUT2D eigenvalue weighted by atomic mass is 16.5. The van der Waals surface area contributed by atoms with E-state index >= 15 is 0 Å². The number of rotatable bonds is 6. The van der Waals surface area contributed by atoms with Crippen LogP contribution in [0.5, 0.6) is 0 Å². The second kappa shape index (κ2) is 9.04. The van der Waals surface area contributed by atoms with Gasteiger partial charge in [-0.15, -0.1) is 0 Å². The molecular formula is C19H35N3O2. The molecule has 0 aromatic rings. The van der Waals surface area contributed by atoms with Crippen molar-refractivity contribution in [3.05, 3.63) is 0 Å². The lowest BCUT2D eigenvalue weighted by molar-refractivity contribution is -0.0318. The molecule has 24 heavy (non-hydrogen) atoms. The Morgan fingerprint density at radius 1 is 1.25 bits per heavy atom. The Hall–Kier alpha value is -0.810. The normalized spacial score (nSPS) is 24.9. The Labute approximate surface area is 147 Å². The average molecular weight is 338 g/mol. The Kier molecular flexibility index (Phi) is 6.78. The summed E-state index contributed by atoms with van der Waals surface area (Å²) in [4.78, 5) is 7.35. The van der Waals surface area contributed by atoms with E-state index in [-0.39, 0.29) is 0 Å². The molecule has 138 valence electrons. The van der Waals surface area contributed by atoms with Crippen molar-refractivity contribution in [1.82, 2.24) is 10.2 Å². The second-order valence-corrected chi connectivity index (χ2v) is 7.65. The average Bonchev–Trinajstić information content (AvgIpc) is 3.25. The third kappa shape index (κ3) is 4.85. The summed E-state index contributed by atoms with van der Waals surface area (Å²) in [5, 5.41) is 3.49. The van der Waals surface area contributed by atoms with Crippen LogP contribution >= 0.6 is 0 Å². The molecule has 0 bridgehead atoms. The van der Waals surface area contributed by atoms with Gasteiger partial charge in [0.05, 0.1) is 6.10 Å². The van der Waals surface area contributed by atoms with Gasteiger partial charge in [-0.25, -0.2) is 0 Å². The molecule has 3 rings (SSSR count). The van der Waals surface area contributed by atoms with Gasteiger partial charge in [-0.05, 0) is 50.9 Å². The van der Waals surface area contributed by atoms with Crippen LogP contribution in [0.1, 0.15) is 58.3 Å². The Morgan fingerprint density at radius 2 is 2.04 bits per heavy atom. The van der Waals surface area contributed by atoms with E-state index < -0.39 is 0 Å². The van der Waals surface area contributed by atoms with Crippen LogP contribution in [-0.2, 0) is 9.47 Å². The van der Waals surface area contributed by atoms with Crippen LogP contribution in [0.4, 0.5) is 0 Å². The first-order chi connectivity index (χ1) is 11.8. The Bertz CT molecular complexity index is 401. The summed E-state index contributed by atoms with van der Waals surface area (Å²) < 4.78 is 11.3. The van der Waals surface area contributed by atoms with E-state index in [1.165, 1.54) is 45.2 Å². The molecule has 0 unspecified atom stereocenters. The summed E-state index contributed by atoms with van der Waals surface area (Å²) in [7, 11) is 0. The molecule has 0 aromatic heterocycles. The van der Waals surface area contributed by atoms with Crippen molar-refractivity contribution in [2.75, 3.05) is 46.0 Å². The fourth-order valence-corrected chi connectivity index (χ4v) is 4.42. The van der Waals surface area contributed by atoms with E-state index in [9.17, 15) is 0 Å². The number of nitrogens with zero attached hydrogens (tertiary/aromatic N) is 2. The molecule has 1 N–H and O–H groups in total. The first-order valence-corrected chi connectivity index (χ1v) is 10.0. The summed E-state index contributed by atoms with van der Waals surface area (Å²) in [6, 6.07) is 0. The van der Waals surface area contributed by atoms with Crippen molar-refractivity contribution in [3.63, 3.8) is 0 Å². The number of aliphatic imine (C=N–C) groups is 1. The molecule has 5 nitrogen and oxygen atoms in total. The molecule has 0 radical (unpaired) electrons. The van der Waals surface area contributed by atoms with Gasteiger partial charge in [-0.3, -0.25) is 4.99 Å². The number of nitrogens with one attached hydrogen (secondary N) is 1. The lowest BCUT2D eigenvalue weighted by Gasteiger charge is -2.26. The SMILES string of the molecule is CCNC(=NCCCOC1CCOCC1)N1CCC2(CCCC2)C1. The van der Waals surface area contributed by atoms with E-state index in [1.807, 2.05) is 0 Å². The smallest absolute Gasteiger partial charge is 0.193 e. The minimum absolute atomic E-state index is 0.400. The zero-order chi connectivity index (χ0) is 16.7. The standard InChI is InChI=1S/C19H35N3O2/c1-2-20-18(22-12-10-19(16-22)8-3-4-9-19)21-11-5-13-24-17-6-14-23-15-7-17/h17H,2-16H2,1H3,(H,20,21). The maximum atomic E-state index is 5.94. The first kappa shape index (κ1) is 18.0. The van der Waals surface area contributed by atoms with Gasteiger partial charge in [-0.1, -0.05) is 12.8 Å². The van der Waals surface area contributed by atoms with Gasteiger partial charge in [0.25, 0.3) is 0 Å². The summed E-state index contributed by atoms with van der Waals surface area (Å²) in [6.07, 6.45) is 10.5. The fraction of sp³-hybridized carbons (Fsp3) is 0.947. The number of likely N-dealkylation sites (tertiary alicyclic amines) is 1. The number of ether oxygens (including phenoxy) is 2. The van der Waals surface area contributed by atoms with Gasteiger partial charge in [0.1, 0.15) is 0 Å². The second-order valence-electron chi connectivity index (χ2n) is 7.65. The van der Waals surface area contributed by atoms with Crippen LogP contribution in [0.25, 0.3) is 0 Å². The minimum atomic E-state index is 0.400. The molecular weight excluding hydrogens is 302 g/mol. The highest BCUT2D eigenvalue weighted by molar-refractivity contribution is 5.80. The van der Waals surface area contributed by atoms with Gasteiger partial charge in [0.15, 0.2) is 5.96 Å². The quantitative estimate of drug-likeness (QED) is 0.460. The predicted molar refractivity (Wildman–Crippen MR) is 97.5 cm³/mol. The molecule has 2 heterocycles. The third-order valence-electron chi connectivity index (χ3n) is 5.82. The van der Waals surface area contributed by atoms with Crippen LogP contribution < -0.4 is 5.32 Å². The number of hydrogen-bond acceptors (Lipinski definition) is 3. The van der Waals surface area contributed by atoms with E-state index in [0.717, 1.165) is 58.1 Å². The van der Waals surface area contributed by atoms with Gasteiger partial charge in [0.2, 0.25) is 0 Å². The van der Waals surface area contributed by atoms with E-state index in [2.05, 4.69) is 17.1 Å². The summed E-state index contributed by atoms with van der Waals surface area (Å²) in [5.41, 5.74) is 0.600. The van der Waals surface area contributed by atoms with E-state index in [1.54, 1.807) is 0 Å². The summed E-state index contributed by atoms with van der Waals surface area (Å²) in [6.45, 7) is 8.86. The van der Waals surface area contributed by atoms with Gasteiger partial charge in [-0.2, -0.15) is 0 Å².